The fourth-order valence-corrected chi connectivity index (χ4v) is 5.19. The number of halogens is 2. The number of nitrogens with zero attached hydrogens (tertiary/aromatic N) is 5. The monoisotopic (exact) mass is 563 g/mol. The number of hydrogen-bond acceptors (Lipinski definition) is 7. The van der Waals surface area contributed by atoms with Crippen LogP contribution in [0.4, 0.5) is 10.7 Å². The van der Waals surface area contributed by atoms with Gasteiger partial charge in [-0.25, -0.2) is 9.78 Å². The summed E-state index contributed by atoms with van der Waals surface area (Å²) in [6, 6.07) is 17.2. The fraction of sp³-hybridized carbons (Fsp3) is 0.321. The zero-order valence-electron chi connectivity index (χ0n) is 21.8. The number of aromatic nitrogens is 4. The first kappa shape index (κ1) is 26.7. The van der Waals surface area contributed by atoms with E-state index >= 15 is 0 Å². The van der Waals surface area contributed by atoms with Gasteiger partial charge in [0.1, 0.15) is 11.7 Å². The number of hydrogen-bond donors (Lipinski definition) is 2. The molecule has 0 aliphatic carbocycles. The van der Waals surface area contributed by atoms with Crippen LogP contribution in [-0.2, 0) is 10.3 Å². The van der Waals surface area contributed by atoms with Crippen LogP contribution in [0, 0.1) is 11.3 Å². The van der Waals surface area contributed by atoms with Gasteiger partial charge in [-0.1, -0.05) is 65.7 Å². The van der Waals surface area contributed by atoms with Crippen molar-refractivity contribution >= 4 is 46.3 Å². The molecule has 2 aromatic carbocycles. The molecule has 0 saturated carbocycles. The molecule has 1 saturated heterocycles. The Kier molecular flexibility index (Phi) is 7.10. The topological polar surface area (TPSA) is 120 Å². The minimum Gasteiger partial charge on any atom is -0.438 e. The molecule has 0 radical (unpaired) electrons. The van der Waals surface area contributed by atoms with Gasteiger partial charge in [0, 0.05) is 37.0 Å². The Bertz CT molecular complexity index is 1570. The summed E-state index contributed by atoms with van der Waals surface area (Å²) in [7, 11) is 0. The van der Waals surface area contributed by atoms with Crippen molar-refractivity contribution in [1.29, 1.82) is 5.26 Å². The molecule has 5 rings (SSSR count). The maximum absolute atomic E-state index is 12.8. The van der Waals surface area contributed by atoms with Crippen molar-refractivity contribution in [3.8, 4) is 17.3 Å². The van der Waals surface area contributed by atoms with Gasteiger partial charge in [0.2, 0.25) is 5.95 Å². The lowest BCUT2D eigenvalue weighted by atomic mass is 9.84. The zero-order chi connectivity index (χ0) is 27.8. The van der Waals surface area contributed by atoms with E-state index in [2.05, 4.69) is 31.6 Å². The van der Waals surface area contributed by atoms with Gasteiger partial charge in [0.25, 0.3) is 0 Å². The maximum atomic E-state index is 12.8. The van der Waals surface area contributed by atoms with E-state index in [1.165, 1.54) is 0 Å². The van der Waals surface area contributed by atoms with Crippen molar-refractivity contribution in [2.24, 2.45) is 0 Å². The minimum absolute atomic E-state index is 0.176. The molecule has 2 aromatic heterocycles. The molecule has 9 nitrogen and oxygen atoms in total. The van der Waals surface area contributed by atoms with Crippen LogP contribution in [0.15, 0.2) is 48.5 Å². The third-order valence-electron chi connectivity index (χ3n) is 6.65. The number of fused-ring (bicyclic) bond motifs is 1. The predicted octanol–water partition coefficient (Wildman–Crippen LogP) is 6.22. The predicted molar refractivity (Wildman–Crippen MR) is 151 cm³/mol. The second kappa shape index (κ2) is 10.4. The Balaban J connectivity index is 1.45. The van der Waals surface area contributed by atoms with Crippen molar-refractivity contribution in [1.82, 2.24) is 25.5 Å². The molecule has 0 spiro atoms. The lowest BCUT2D eigenvalue weighted by Crippen LogP contribution is -2.49. The van der Waals surface area contributed by atoms with Gasteiger partial charge < -0.3 is 15.0 Å². The van der Waals surface area contributed by atoms with Gasteiger partial charge in [0.05, 0.1) is 21.1 Å². The largest absolute Gasteiger partial charge is 0.438 e. The molecule has 0 atom stereocenters. The molecular formula is C28H27Cl2N7O2. The van der Waals surface area contributed by atoms with Crippen LogP contribution in [0.3, 0.4) is 0 Å². The van der Waals surface area contributed by atoms with Gasteiger partial charge in [-0.2, -0.15) is 15.3 Å². The highest BCUT2D eigenvalue weighted by Crippen LogP contribution is 2.39. The Morgan fingerprint density at radius 3 is 2.49 bits per heavy atom. The number of rotatable bonds is 4. The highest BCUT2D eigenvalue weighted by atomic mass is 35.5. The van der Waals surface area contributed by atoms with Gasteiger partial charge in [-0.3, -0.25) is 5.10 Å². The molecule has 2 N–H and O–H groups in total. The normalized spacial score (nSPS) is 15.1. The molecule has 1 fully saturated rings. The van der Waals surface area contributed by atoms with Crippen molar-refractivity contribution in [3.05, 3.63) is 69.8 Å². The summed E-state index contributed by atoms with van der Waals surface area (Å²) in [5, 5.41) is 21.4. The van der Waals surface area contributed by atoms with Crippen LogP contribution < -0.4 is 10.2 Å². The number of ether oxygens (including phenoxy) is 1. The second-order valence-corrected chi connectivity index (χ2v) is 11.3. The van der Waals surface area contributed by atoms with Crippen LogP contribution >= 0.6 is 23.2 Å². The SMILES string of the molecule is CC(C)(C)NC(=O)OC1(c2ccccc2)CCN(c2nc(C#N)c3c(-c4cccc(Cl)c4Cl)[nH]nc3n2)CC1. The first-order valence-corrected chi connectivity index (χ1v) is 13.3. The zero-order valence-corrected chi connectivity index (χ0v) is 23.3. The molecule has 1 amide bonds. The maximum Gasteiger partial charge on any atom is 0.408 e. The first-order chi connectivity index (χ1) is 18.6. The lowest BCUT2D eigenvalue weighted by Gasteiger charge is -2.42. The van der Waals surface area contributed by atoms with E-state index in [0.717, 1.165) is 5.56 Å². The van der Waals surface area contributed by atoms with E-state index in [0.29, 0.717) is 64.2 Å². The van der Waals surface area contributed by atoms with Crippen molar-refractivity contribution in [3.63, 3.8) is 0 Å². The van der Waals surface area contributed by atoms with Crippen LogP contribution in [0.1, 0.15) is 44.9 Å². The molecule has 0 bridgehead atoms. The van der Waals surface area contributed by atoms with E-state index < -0.39 is 17.2 Å². The molecule has 1 aliphatic rings. The molecule has 0 unspecified atom stereocenters. The van der Waals surface area contributed by atoms with Gasteiger partial charge in [0.15, 0.2) is 11.3 Å². The standard InChI is InChI=1S/C28H27Cl2N7O2/c1-27(2,3)34-26(38)39-28(17-8-5-4-6-9-17)12-14-37(15-13-28)25-32-20(16-31)21-23(35-36-24(21)33-25)18-10-7-11-19(29)22(18)30/h4-11H,12-15H2,1-3H3,(H,34,38)(H,32,33,35,36). The number of nitrogens with one attached hydrogen (secondary N) is 2. The van der Waals surface area contributed by atoms with Crippen LogP contribution in [0.2, 0.25) is 10.0 Å². The smallest absolute Gasteiger partial charge is 0.408 e. The van der Waals surface area contributed by atoms with Crippen LogP contribution in [0.5, 0.6) is 0 Å². The third-order valence-corrected chi connectivity index (χ3v) is 7.47. The minimum atomic E-state index is -0.807. The molecule has 39 heavy (non-hydrogen) atoms. The van der Waals surface area contributed by atoms with Crippen LogP contribution in [0.25, 0.3) is 22.3 Å². The molecule has 4 aromatic rings. The Hall–Kier alpha value is -3.87. The van der Waals surface area contributed by atoms with Crippen molar-refractivity contribution < 1.29 is 9.53 Å². The number of aromatic amines is 1. The Labute approximate surface area is 236 Å². The Morgan fingerprint density at radius 1 is 1.10 bits per heavy atom. The number of carbonyl (C=O) groups excluding carboxylic acids is 1. The molecule has 1 aliphatic heterocycles. The highest BCUT2D eigenvalue weighted by Gasteiger charge is 2.41. The summed E-state index contributed by atoms with van der Waals surface area (Å²) >= 11 is 12.6. The van der Waals surface area contributed by atoms with Gasteiger partial charge >= 0.3 is 6.09 Å². The first-order valence-electron chi connectivity index (χ1n) is 12.5. The quantitative estimate of drug-likeness (QED) is 0.302. The van der Waals surface area contributed by atoms with Gasteiger partial charge in [-0.05, 0) is 32.4 Å². The van der Waals surface area contributed by atoms with E-state index in [-0.39, 0.29) is 5.69 Å². The van der Waals surface area contributed by atoms with Crippen molar-refractivity contribution in [2.75, 3.05) is 18.0 Å². The molecule has 11 heteroatoms. The summed E-state index contributed by atoms with van der Waals surface area (Å²) in [5.41, 5.74) is 1.36. The second-order valence-electron chi connectivity index (χ2n) is 10.5. The van der Waals surface area contributed by atoms with E-state index in [9.17, 15) is 10.1 Å². The number of piperidine rings is 1. The lowest BCUT2D eigenvalue weighted by molar-refractivity contribution is -0.0146. The average molecular weight is 564 g/mol. The highest BCUT2D eigenvalue weighted by molar-refractivity contribution is 6.43. The number of anilines is 1. The molecular weight excluding hydrogens is 537 g/mol. The number of benzene rings is 2. The van der Waals surface area contributed by atoms with E-state index in [1.54, 1.807) is 18.2 Å². The summed E-state index contributed by atoms with van der Waals surface area (Å²) in [5.74, 6) is 0.384. The number of amides is 1. The Morgan fingerprint density at radius 2 is 1.82 bits per heavy atom. The summed E-state index contributed by atoms with van der Waals surface area (Å²) in [6.07, 6.45) is 0.567. The summed E-state index contributed by atoms with van der Waals surface area (Å²) in [6.45, 7) is 6.74. The number of alkyl carbamates (subject to hydrolysis) is 1. The number of H-pyrrole nitrogens is 1. The third kappa shape index (κ3) is 5.35. The van der Waals surface area contributed by atoms with Gasteiger partial charge in [-0.15, -0.1) is 0 Å². The molecule has 3 heterocycles. The fourth-order valence-electron chi connectivity index (χ4n) is 4.80. The van der Waals surface area contributed by atoms with E-state index in [4.69, 9.17) is 27.9 Å². The number of carbonyl (C=O) groups is 1. The summed E-state index contributed by atoms with van der Waals surface area (Å²) in [4.78, 5) is 24.0. The average Bonchev–Trinajstić information content (AvgIpc) is 3.33. The summed E-state index contributed by atoms with van der Waals surface area (Å²) < 4.78 is 6.10. The molecule has 200 valence electrons. The van der Waals surface area contributed by atoms with Crippen LogP contribution in [-0.4, -0.2) is 44.9 Å². The number of nitriles is 1. The van der Waals surface area contributed by atoms with E-state index in [1.807, 2.05) is 56.0 Å². The van der Waals surface area contributed by atoms with Crippen molar-refractivity contribution in [2.45, 2.75) is 44.8 Å².